The molecule has 0 saturated carbocycles. The molecule has 11 rings (SSSR count). The highest BCUT2D eigenvalue weighted by atomic mass is 16.8. The molecule has 11 fully saturated rings. The highest BCUT2D eigenvalue weighted by molar-refractivity contribution is 5.74. The van der Waals surface area contributed by atoms with Crippen LogP contribution in [0.3, 0.4) is 0 Å². The molecule has 11 aliphatic heterocycles. The van der Waals surface area contributed by atoms with E-state index in [1.807, 2.05) is 0 Å². The molecule has 0 spiro atoms. The number of rotatable bonds is 33. The van der Waals surface area contributed by atoms with Crippen LogP contribution in [0.25, 0.3) is 0 Å². The minimum absolute atomic E-state index is 0.860. The fraction of sp³-hybridized carbons (Fsp3) is 0.946. The predicted octanol–water partition coefficient (Wildman–Crippen LogP) is -22.3. The molecule has 132 heavy (non-hydrogen) atoms. The number of carbonyl (C=O) groups is 4. The van der Waals surface area contributed by atoms with Gasteiger partial charge in [0.25, 0.3) is 0 Å². The van der Waals surface area contributed by atoms with Gasteiger partial charge >= 0.3 is 0 Å². The Bertz CT molecular complexity index is 3610. The number of hydrogen-bond acceptors (Lipinski definition) is 54. The maximum atomic E-state index is 13.5. The zero-order valence-corrected chi connectivity index (χ0v) is 71.3. The van der Waals surface area contributed by atoms with Crippen molar-refractivity contribution in [3.63, 3.8) is 0 Å². The van der Waals surface area contributed by atoms with E-state index in [9.17, 15) is 167 Å². The summed E-state index contributed by atoms with van der Waals surface area (Å²) < 4.78 is 126. The van der Waals surface area contributed by atoms with Gasteiger partial charge < -0.3 is 269 Å². The summed E-state index contributed by atoms with van der Waals surface area (Å²) in [6, 6.07) is -7.89. The van der Waals surface area contributed by atoms with Crippen molar-refractivity contribution >= 4 is 23.6 Å². The van der Waals surface area contributed by atoms with Gasteiger partial charge in [-0.1, -0.05) is 0 Å². The van der Waals surface area contributed by atoms with Gasteiger partial charge in [-0.05, 0) is 13.8 Å². The molecule has 0 aromatic heterocycles. The fourth-order valence-electron chi connectivity index (χ4n) is 17.2. The van der Waals surface area contributed by atoms with Crippen molar-refractivity contribution in [2.75, 3.05) is 59.5 Å². The third kappa shape index (κ3) is 23.7. The van der Waals surface area contributed by atoms with E-state index in [0.29, 0.717) is 0 Å². The van der Waals surface area contributed by atoms with E-state index in [1.54, 1.807) is 0 Å². The molecule has 11 saturated heterocycles. The van der Waals surface area contributed by atoms with Gasteiger partial charge in [0, 0.05) is 27.7 Å². The number of carbonyl (C=O) groups excluding carboxylic acids is 4. The predicted molar refractivity (Wildman–Crippen MR) is 406 cm³/mol. The van der Waals surface area contributed by atoms with E-state index in [1.165, 1.54) is 13.8 Å². The van der Waals surface area contributed by atoms with Gasteiger partial charge in [-0.2, -0.15) is 0 Å². The highest BCUT2D eigenvalue weighted by Gasteiger charge is 2.63. The lowest BCUT2D eigenvalue weighted by Crippen LogP contribution is -2.71. The van der Waals surface area contributed by atoms with Gasteiger partial charge in [-0.3, -0.25) is 19.2 Å². The molecule has 58 nitrogen and oxygen atoms in total. The van der Waals surface area contributed by atoms with Crippen molar-refractivity contribution in [2.24, 2.45) is 0 Å². The summed E-state index contributed by atoms with van der Waals surface area (Å²) in [6.07, 6.45) is -107. The maximum absolute atomic E-state index is 13.5. The fourth-order valence-corrected chi connectivity index (χ4v) is 17.2. The van der Waals surface area contributed by atoms with Gasteiger partial charge in [-0.25, -0.2) is 0 Å². The van der Waals surface area contributed by atoms with Gasteiger partial charge in [-0.15, -0.1) is 0 Å². The zero-order chi connectivity index (χ0) is 97.1. The Morgan fingerprint density at radius 3 is 0.924 bits per heavy atom. The van der Waals surface area contributed by atoms with E-state index in [0.717, 1.165) is 27.7 Å². The van der Waals surface area contributed by atoms with Crippen LogP contribution in [0.2, 0.25) is 0 Å². The summed E-state index contributed by atoms with van der Waals surface area (Å²) in [5, 5.41) is 335. The summed E-state index contributed by atoms with van der Waals surface area (Å²) in [5.74, 6) is -3.89. The standard InChI is InChI=1S/C74H124N4O54/c1-16-35(90)45(100)51(106)68(114-16)112-15-30-58(42(97)31(64(111)116-30)75-18(3)86)125-65-32(76-19(4)87)43(98)57(27(12-84)121-65)127-72-55(110)61(130-74-63(50(105)40(95)25(10-82)120-74)132-66-33(77-20(5)88)44(99)56(26(11-83)122-66)126-70-53(108)47(102)37(92)22(7-79)117-70)41(96)29(124-72)14-113-73-62(49(104)39(94)24(9-81)119-73)131-67-34(78-21(6)89)60(129-69-52(107)46(101)36(91)17(2)115-69)59(28(13-85)123-67)128-71-54(109)48(103)38(93)23(8-80)118-71/h16-17,22-74,79-85,90-111H,7-15H2,1-6H3,(H,75,86)(H,76,87)(H,77,88)(H,78,89)/t16-,17-,22+,23+,24+,25+,26+,27+,28+,29+,30+,31+,32+,33+,34+,35+,36+,37-,38-,39+,40+,41+,42+,43+,44+,45+,46+,47-,48-,49-,50-,51-,52-,53+,54+,55-,56+,57+,58+,59+,60+,61-,62-,63-,64+,65-,66-,67-,68+,69-,70-,71-,72-,73-,74+/m0/s1. The monoisotopic (exact) mass is 1930 g/mol. The van der Waals surface area contributed by atoms with E-state index in [-0.39, 0.29) is 0 Å². The van der Waals surface area contributed by atoms with Crippen molar-refractivity contribution in [1.29, 1.82) is 0 Å². The first-order valence-corrected chi connectivity index (χ1v) is 42.4. The topological polar surface area (TPSA) is 897 Å². The van der Waals surface area contributed by atoms with Crippen LogP contribution in [0.5, 0.6) is 0 Å². The second-order valence-corrected chi connectivity index (χ2v) is 33.8. The molecule has 0 radical (unpaired) electrons. The molecule has 0 unspecified atom stereocenters. The molecule has 0 bridgehead atoms. The molecule has 4 amide bonds. The Labute approximate surface area is 748 Å². The molecule has 11 aliphatic rings. The number of hydrogen-bond donors (Lipinski definition) is 33. The average Bonchev–Trinajstić information content (AvgIpc) is 0.749. The second-order valence-electron chi connectivity index (χ2n) is 33.8. The average molecular weight is 1930 g/mol. The lowest BCUT2D eigenvalue weighted by atomic mass is 9.93. The smallest absolute Gasteiger partial charge is 0.217 e. The lowest BCUT2D eigenvalue weighted by molar-refractivity contribution is -0.400. The van der Waals surface area contributed by atoms with Crippen LogP contribution < -0.4 is 21.3 Å². The maximum Gasteiger partial charge on any atom is 0.217 e. The number of ether oxygens (including phenoxy) is 21. The Hall–Kier alpha value is -4.12. The van der Waals surface area contributed by atoms with E-state index < -0.39 is 421 Å². The summed E-state index contributed by atoms with van der Waals surface area (Å²) >= 11 is 0. The molecule has 0 aromatic carbocycles. The highest BCUT2D eigenvalue weighted by Crippen LogP contribution is 2.42. The van der Waals surface area contributed by atoms with Crippen LogP contribution in [0, 0.1) is 0 Å². The van der Waals surface area contributed by atoms with Gasteiger partial charge in [0.15, 0.2) is 69.2 Å². The first-order chi connectivity index (χ1) is 62.4. The van der Waals surface area contributed by atoms with Crippen LogP contribution in [-0.2, 0) is 119 Å². The molecule has 764 valence electrons. The van der Waals surface area contributed by atoms with E-state index in [2.05, 4.69) is 21.3 Å². The van der Waals surface area contributed by atoms with Gasteiger partial charge in [0.1, 0.15) is 256 Å². The molecule has 11 heterocycles. The van der Waals surface area contributed by atoms with Crippen molar-refractivity contribution < 1.29 is 267 Å². The quantitative estimate of drug-likeness (QED) is 0.0290. The van der Waals surface area contributed by atoms with Crippen LogP contribution in [0.1, 0.15) is 41.5 Å². The minimum Gasteiger partial charge on any atom is -0.394 e. The van der Waals surface area contributed by atoms with Crippen LogP contribution in [-0.4, -0.2) is 569 Å². The Balaban J connectivity index is 0.947. The van der Waals surface area contributed by atoms with Gasteiger partial charge in [0.05, 0.1) is 71.7 Å². The second kappa shape index (κ2) is 47.0. The largest absolute Gasteiger partial charge is 0.394 e. The summed E-state index contributed by atoms with van der Waals surface area (Å²) in [7, 11) is 0. The van der Waals surface area contributed by atoms with Crippen molar-refractivity contribution in [1.82, 2.24) is 21.3 Å². The van der Waals surface area contributed by atoms with E-state index >= 15 is 0 Å². The first kappa shape index (κ1) is 108. The molecule has 58 heteroatoms. The third-order valence-electron chi connectivity index (χ3n) is 24.5. The van der Waals surface area contributed by atoms with Crippen molar-refractivity contribution in [2.45, 2.75) is 379 Å². The number of aliphatic hydroxyl groups excluding tert-OH is 29. The summed E-state index contributed by atoms with van der Waals surface area (Å²) in [6.45, 7) is -4.07. The normalized spacial score (nSPS) is 50.4. The van der Waals surface area contributed by atoms with E-state index in [4.69, 9.17) is 99.5 Å². The lowest BCUT2D eigenvalue weighted by Gasteiger charge is -2.51. The number of aliphatic hydroxyl groups is 29. The minimum atomic E-state index is -2.67. The molecule has 33 N–H and O–H groups in total. The van der Waals surface area contributed by atoms with Crippen LogP contribution >= 0.6 is 0 Å². The zero-order valence-electron chi connectivity index (χ0n) is 71.3. The first-order valence-electron chi connectivity index (χ1n) is 42.4. The number of nitrogens with one attached hydrogen (secondary N) is 4. The third-order valence-corrected chi connectivity index (χ3v) is 24.5. The van der Waals surface area contributed by atoms with Crippen molar-refractivity contribution in [3.8, 4) is 0 Å². The summed E-state index contributed by atoms with van der Waals surface area (Å²) in [5.41, 5.74) is 0. The van der Waals surface area contributed by atoms with Gasteiger partial charge in [0.2, 0.25) is 23.6 Å². The molecular weight excluding hydrogens is 1810 g/mol. The molecule has 0 aliphatic carbocycles. The Morgan fingerprint density at radius 2 is 0.485 bits per heavy atom. The SMILES string of the molecule is CC(=O)N[C@@H]1[C@@H](O)[C@H](O[C@@H]2O[C@H](CO)[C@@H](O[C@@H]3O[C@H](CO[C@H]4O[C@H](CO)[C@@H](O)[C@H](O)[C@@H]4O[C@@H]4O[C@H](CO)[C@@H](O[C@@H]5O[C@H](CO)[C@H](O)[C@H](O)[C@H]5O)[C@H](O[C@@H]5O[C@@H](C)[C@@H](O)[C@@H](O)[C@@H]5O)[C@H]4NC(C)=O)[C@@H](O)[C@H](O[C@H]4O[C@H](CO)[C@@H](O)[C@H](O)[C@@H]4O[C@@H]4O[C@H](CO)[C@@H](O[C@@H]5O[C@H](CO)[C@H](O)[C@H](O)[C@H]5O)[C@H](O)[C@H]4NC(C)=O)[C@@H]3O)[C@H](O)[C@H]2NC(C)=O)[C@@H](CO[C@@H]2O[C@@H](C)[C@@H](O)[C@@H](O)[C@@H]2O)O[C@H]1O. The number of amides is 4. The Kier molecular flexibility index (Phi) is 38.5. The summed E-state index contributed by atoms with van der Waals surface area (Å²) in [4.78, 5) is 52.5. The molecule has 0 aromatic rings. The van der Waals surface area contributed by atoms with Crippen molar-refractivity contribution in [3.05, 3.63) is 0 Å². The van der Waals surface area contributed by atoms with Crippen LogP contribution in [0.15, 0.2) is 0 Å². The molecule has 55 atom stereocenters. The Morgan fingerprint density at radius 1 is 0.212 bits per heavy atom. The molecular formula is C74H124N4O54. The van der Waals surface area contributed by atoms with Crippen LogP contribution in [0.4, 0.5) is 0 Å².